The van der Waals surface area contributed by atoms with Crippen LogP contribution in [-0.4, -0.2) is 22.5 Å². The van der Waals surface area contributed by atoms with Gasteiger partial charge >= 0.3 is 0 Å². The summed E-state index contributed by atoms with van der Waals surface area (Å²) in [5.74, 6) is -1.06. The SMILES string of the molecule is O=C(/C=C/c1ccc(Cl)c([N+](=O)[O-])c1)NNC(=O)CSc1cc(Cl)ccc1Cl. The van der Waals surface area contributed by atoms with Gasteiger partial charge in [0.05, 0.1) is 15.7 Å². The summed E-state index contributed by atoms with van der Waals surface area (Å²) in [5.41, 5.74) is 4.59. The van der Waals surface area contributed by atoms with Crippen LogP contribution in [0.2, 0.25) is 15.1 Å². The molecule has 2 rings (SSSR count). The summed E-state index contributed by atoms with van der Waals surface area (Å²) >= 11 is 18.8. The normalized spacial score (nSPS) is 10.7. The number of thioether (sulfide) groups is 1. The van der Waals surface area contributed by atoms with Crippen molar-refractivity contribution in [2.24, 2.45) is 0 Å². The summed E-state index contributed by atoms with van der Waals surface area (Å²) in [4.78, 5) is 34.4. The monoisotopic (exact) mass is 459 g/mol. The lowest BCUT2D eigenvalue weighted by atomic mass is 10.2. The number of hydrogen-bond acceptors (Lipinski definition) is 5. The van der Waals surface area contributed by atoms with E-state index in [4.69, 9.17) is 34.8 Å². The minimum absolute atomic E-state index is 0.00354. The van der Waals surface area contributed by atoms with Crippen LogP contribution in [0.5, 0.6) is 0 Å². The zero-order valence-electron chi connectivity index (χ0n) is 13.9. The minimum atomic E-state index is -0.621. The molecule has 0 aliphatic heterocycles. The molecule has 0 unspecified atom stereocenters. The van der Waals surface area contributed by atoms with Crippen molar-refractivity contribution < 1.29 is 14.5 Å². The van der Waals surface area contributed by atoms with Gasteiger partial charge in [0.2, 0.25) is 5.91 Å². The van der Waals surface area contributed by atoms with Crippen molar-refractivity contribution in [3.05, 3.63) is 73.2 Å². The molecule has 2 N–H and O–H groups in total. The van der Waals surface area contributed by atoms with E-state index in [0.29, 0.717) is 20.5 Å². The molecular formula is C17H12Cl3N3O4S. The van der Waals surface area contributed by atoms with E-state index in [1.807, 2.05) is 0 Å². The highest BCUT2D eigenvalue weighted by atomic mass is 35.5. The molecule has 0 fully saturated rings. The third kappa shape index (κ3) is 6.72. The van der Waals surface area contributed by atoms with Crippen LogP contribution in [0.15, 0.2) is 47.4 Å². The summed E-state index contributed by atoms with van der Waals surface area (Å²) in [6, 6.07) is 9.00. The maximum Gasteiger partial charge on any atom is 0.288 e. The highest BCUT2D eigenvalue weighted by molar-refractivity contribution is 8.00. The molecule has 0 saturated heterocycles. The number of amides is 2. The lowest BCUT2D eigenvalue weighted by molar-refractivity contribution is -0.384. The fourth-order valence-electron chi connectivity index (χ4n) is 1.89. The fourth-order valence-corrected chi connectivity index (χ4v) is 3.36. The number of nitrogens with zero attached hydrogens (tertiary/aromatic N) is 1. The molecule has 0 bridgehead atoms. The molecule has 2 aromatic rings. The van der Waals surface area contributed by atoms with Gasteiger partial charge in [-0.2, -0.15) is 0 Å². The Morgan fingerprint density at radius 2 is 1.79 bits per heavy atom. The molecule has 28 heavy (non-hydrogen) atoms. The minimum Gasteiger partial charge on any atom is -0.272 e. The van der Waals surface area contributed by atoms with E-state index in [2.05, 4.69) is 10.9 Å². The number of nitro groups is 1. The Balaban J connectivity index is 1.84. The van der Waals surface area contributed by atoms with Crippen molar-refractivity contribution in [3.63, 3.8) is 0 Å². The van der Waals surface area contributed by atoms with Crippen LogP contribution in [0.4, 0.5) is 5.69 Å². The smallest absolute Gasteiger partial charge is 0.272 e. The number of hydrazine groups is 1. The maximum absolute atomic E-state index is 11.8. The number of carbonyl (C=O) groups excluding carboxylic acids is 2. The Bertz CT molecular complexity index is 953. The predicted molar refractivity (Wildman–Crippen MR) is 111 cm³/mol. The standard InChI is InChI=1S/C17H12Cl3N3O4S/c18-11-3-5-13(20)15(8-11)28-9-17(25)22-21-16(24)6-2-10-1-4-12(19)14(7-10)23(26)27/h1-8H,9H2,(H,21,24)(H,22,25)/b6-2+. The Hall–Kier alpha value is -2.26. The summed E-state index contributed by atoms with van der Waals surface area (Å²) in [6.07, 6.45) is 2.47. The van der Waals surface area contributed by atoms with E-state index >= 15 is 0 Å². The molecule has 146 valence electrons. The van der Waals surface area contributed by atoms with Crippen LogP contribution in [0.25, 0.3) is 6.08 Å². The van der Waals surface area contributed by atoms with E-state index in [1.54, 1.807) is 18.2 Å². The van der Waals surface area contributed by atoms with Crippen LogP contribution in [-0.2, 0) is 9.59 Å². The third-order valence-electron chi connectivity index (χ3n) is 3.17. The zero-order chi connectivity index (χ0) is 20.7. The summed E-state index contributed by atoms with van der Waals surface area (Å²) < 4.78 is 0. The van der Waals surface area contributed by atoms with Crippen molar-refractivity contribution >= 4 is 70.1 Å². The Morgan fingerprint density at radius 3 is 2.50 bits per heavy atom. The summed E-state index contributed by atoms with van der Waals surface area (Å²) in [6.45, 7) is 0. The van der Waals surface area contributed by atoms with Crippen LogP contribution >= 0.6 is 46.6 Å². The number of carbonyl (C=O) groups is 2. The van der Waals surface area contributed by atoms with Gasteiger partial charge in [-0.25, -0.2) is 0 Å². The van der Waals surface area contributed by atoms with Gasteiger partial charge in [0.1, 0.15) is 5.02 Å². The average molecular weight is 461 g/mol. The highest BCUT2D eigenvalue weighted by Crippen LogP contribution is 2.29. The molecule has 0 saturated carbocycles. The van der Waals surface area contributed by atoms with E-state index in [-0.39, 0.29) is 16.5 Å². The quantitative estimate of drug-likeness (QED) is 0.286. The van der Waals surface area contributed by atoms with Gasteiger partial charge < -0.3 is 0 Å². The second kappa shape index (κ2) is 10.3. The first kappa shape index (κ1) is 22.0. The maximum atomic E-state index is 11.8. The number of nitrogens with one attached hydrogen (secondary N) is 2. The van der Waals surface area contributed by atoms with Crippen LogP contribution < -0.4 is 10.9 Å². The Labute approximate surface area is 179 Å². The van der Waals surface area contributed by atoms with Gasteiger partial charge in [0, 0.05) is 22.1 Å². The van der Waals surface area contributed by atoms with Gasteiger partial charge in [-0.15, -0.1) is 11.8 Å². The number of rotatable bonds is 6. The lowest BCUT2D eigenvalue weighted by Crippen LogP contribution is -2.41. The largest absolute Gasteiger partial charge is 0.288 e. The van der Waals surface area contributed by atoms with Gasteiger partial charge in [-0.1, -0.05) is 40.9 Å². The molecular weight excluding hydrogens is 449 g/mol. The van der Waals surface area contributed by atoms with E-state index in [0.717, 1.165) is 17.8 Å². The predicted octanol–water partition coefficient (Wildman–Crippen LogP) is 4.51. The van der Waals surface area contributed by atoms with Gasteiger partial charge in [-0.05, 0) is 35.9 Å². The van der Waals surface area contributed by atoms with E-state index in [1.165, 1.54) is 24.3 Å². The molecule has 0 radical (unpaired) electrons. The summed E-state index contributed by atoms with van der Waals surface area (Å²) in [7, 11) is 0. The molecule has 7 nitrogen and oxygen atoms in total. The molecule has 0 aliphatic carbocycles. The first-order chi connectivity index (χ1) is 13.3. The van der Waals surface area contributed by atoms with Crippen molar-refractivity contribution in [2.75, 3.05) is 5.75 Å². The second-order valence-corrected chi connectivity index (χ2v) is 7.47. The topological polar surface area (TPSA) is 101 Å². The van der Waals surface area contributed by atoms with E-state index < -0.39 is 16.7 Å². The molecule has 0 aliphatic rings. The molecule has 0 spiro atoms. The average Bonchev–Trinajstić information content (AvgIpc) is 2.66. The van der Waals surface area contributed by atoms with Crippen molar-refractivity contribution in [3.8, 4) is 0 Å². The molecule has 0 atom stereocenters. The Kier molecular flexibility index (Phi) is 8.13. The number of hydrogen-bond donors (Lipinski definition) is 2. The first-order valence-electron chi connectivity index (χ1n) is 7.55. The van der Waals surface area contributed by atoms with Crippen LogP contribution in [0, 0.1) is 10.1 Å². The third-order valence-corrected chi connectivity index (χ3v) is 5.22. The Morgan fingerprint density at radius 1 is 1.07 bits per heavy atom. The second-order valence-electron chi connectivity index (χ2n) is 5.20. The number of halogens is 3. The van der Waals surface area contributed by atoms with Gasteiger partial charge in [0.15, 0.2) is 0 Å². The van der Waals surface area contributed by atoms with Gasteiger partial charge in [-0.3, -0.25) is 30.6 Å². The lowest BCUT2D eigenvalue weighted by Gasteiger charge is -2.06. The molecule has 0 heterocycles. The molecule has 11 heteroatoms. The van der Waals surface area contributed by atoms with Crippen LogP contribution in [0.1, 0.15) is 5.56 Å². The number of nitro benzene ring substituents is 1. The summed E-state index contributed by atoms with van der Waals surface area (Å²) in [5, 5.41) is 11.8. The fraction of sp³-hybridized carbons (Fsp3) is 0.0588. The van der Waals surface area contributed by atoms with Crippen molar-refractivity contribution in [2.45, 2.75) is 4.90 Å². The molecule has 2 aromatic carbocycles. The van der Waals surface area contributed by atoms with Crippen LogP contribution in [0.3, 0.4) is 0 Å². The van der Waals surface area contributed by atoms with E-state index in [9.17, 15) is 19.7 Å². The highest BCUT2D eigenvalue weighted by Gasteiger charge is 2.12. The molecule has 2 amide bonds. The van der Waals surface area contributed by atoms with Crippen molar-refractivity contribution in [1.82, 2.24) is 10.9 Å². The molecule has 0 aromatic heterocycles. The van der Waals surface area contributed by atoms with Crippen molar-refractivity contribution in [1.29, 1.82) is 0 Å². The number of benzene rings is 2. The zero-order valence-corrected chi connectivity index (χ0v) is 17.0. The first-order valence-corrected chi connectivity index (χ1v) is 9.67. The van der Waals surface area contributed by atoms with Gasteiger partial charge in [0.25, 0.3) is 11.6 Å².